The van der Waals surface area contributed by atoms with Gasteiger partial charge in [0.1, 0.15) is 0 Å². The molecule has 6 heteroatoms. The van der Waals surface area contributed by atoms with Crippen LogP contribution in [0.25, 0.3) is 10.9 Å². The van der Waals surface area contributed by atoms with Gasteiger partial charge >= 0.3 is 0 Å². The molecule has 1 fully saturated rings. The van der Waals surface area contributed by atoms with Crippen molar-refractivity contribution < 1.29 is 9.59 Å². The van der Waals surface area contributed by atoms with E-state index in [2.05, 4.69) is 33.1 Å². The summed E-state index contributed by atoms with van der Waals surface area (Å²) in [6.07, 6.45) is 0. The summed E-state index contributed by atoms with van der Waals surface area (Å²) in [7, 11) is 0. The number of aromatic amines is 1. The van der Waals surface area contributed by atoms with Gasteiger partial charge in [0.2, 0.25) is 0 Å². The maximum Gasteiger partial charge on any atom is 0.296 e. The molecule has 1 amide bonds. The molecule has 2 N–H and O–H groups in total. The minimum atomic E-state index is -0.615. The number of para-hydroxylation sites is 1. The number of piperazine rings is 1. The molecular formula is C24H28N4O2. The fourth-order valence-corrected chi connectivity index (χ4v) is 4.17. The Labute approximate surface area is 176 Å². The highest BCUT2D eigenvalue weighted by Gasteiger charge is 2.23. The Morgan fingerprint density at radius 1 is 1.03 bits per heavy atom. The summed E-state index contributed by atoms with van der Waals surface area (Å²) >= 11 is 0. The summed E-state index contributed by atoms with van der Waals surface area (Å²) in [6, 6.07) is 13.5. The average molecular weight is 405 g/mol. The number of amides is 1. The van der Waals surface area contributed by atoms with Crippen LogP contribution in [0.2, 0.25) is 0 Å². The number of nitrogens with zero attached hydrogens (tertiary/aromatic N) is 2. The van der Waals surface area contributed by atoms with Crippen molar-refractivity contribution in [2.75, 3.05) is 42.9 Å². The van der Waals surface area contributed by atoms with Crippen molar-refractivity contribution in [2.24, 2.45) is 0 Å². The zero-order valence-corrected chi connectivity index (χ0v) is 17.8. The third-order valence-corrected chi connectivity index (χ3v) is 5.97. The van der Waals surface area contributed by atoms with Gasteiger partial charge in [-0.15, -0.1) is 0 Å². The largest absolute Gasteiger partial charge is 0.369 e. The predicted molar refractivity (Wildman–Crippen MR) is 122 cm³/mol. The zero-order chi connectivity index (χ0) is 21.3. The van der Waals surface area contributed by atoms with Crippen LogP contribution in [-0.2, 0) is 4.79 Å². The lowest BCUT2D eigenvalue weighted by molar-refractivity contribution is -0.112. The first-order valence-corrected chi connectivity index (χ1v) is 10.5. The van der Waals surface area contributed by atoms with E-state index in [4.69, 9.17) is 0 Å². The van der Waals surface area contributed by atoms with E-state index >= 15 is 0 Å². The van der Waals surface area contributed by atoms with E-state index in [0.717, 1.165) is 54.9 Å². The van der Waals surface area contributed by atoms with Gasteiger partial charge in [0, 0.05) is 54.2 Å². The number of benzene rings is 2. The average Bonchev–Trinajstić information content (AvgIpc) is 3.10. The van der Waals surface area contributed by atoms with E-state index in [1.165, 1.54) is 0 Å². The van der Waals surface area contributed by atoms with Crippen LogP contribution < -0.4 is 10.2 Å². The molecule has 3 aromatic rings. The molecule has 0 saturated carbocycles. The van der Waals surface area contributed by atoms with Crippen molar-refractivity contribution in [2.45, 2.75) is 20.8 Å². The highest BCUT2D eigenvalue weighted by atomic mass is 16.2. The Kier molecular flexibility index (Phi) is 5.59. The molecule has 30 heavy (non-hydrogen) atoms. The highest BCUT2D eigenvalue weighted by molar-refractivity contribution is 6.48. The number of hydrogen-bond acceptors (Lipinski definition) is 4. The fourth-order valence-electron chi connectivity index (χ4n) is 4.17. The smallest absolute Gasteiger partial charge is 0.296 e. The lowest BCUT2D eigenvalue weighted by Crippen LogP contribution is -2.46. The van der Waals surface area contributed by atoms with Crippen molar-refractivity contribution in [3.63, 3.8) is 0 Å². The Morgan fingerprint density at radius 3 is 2.47 bits per heavy atom. The first-order valence-electron chi connectivity index (χ1n) is 10.5. The van der Waals surface area contributed by atoms with Gasteiger partial charge in [0.15, 0.2) is 0 Å². The minimum absolute atomic E-state index is 0.436. The van der Waals surface area contributed by atoms with Gasteiger partial charge in [-0.25, -0.2) is 0 Å². The molecule has 0 radical (unpaired) electrons. The molecule has 2 heterocycles. The maximum atomic E-state index is 12.9. The van der Waals surface area contributed by atoms with Crippen LogP contribution in [0, 0.1) is 13.8 Å². The van der Waals surface area contributed by atoms with Crippen molar-refractivity contribution in [1.29, 1.82) is 0 Å². The third kappa shape index (κ3) is 3.83. The first-order chi connectivity index (χ1) is 14.5. The summed E-state index contributed by atoms with van der Waals surface area (Å²) in [5.41, 5.74) is 4.76. The van der Waals surface area contributed by atoms with Gasteiger partial charge in [-0.3, -0.25) is 9.59 Å². The number of H-pyrrole nitrogens is 1. The molecule has 6 nitrogen and oxygen atoms in total. The second kappa shape index (κ2) is 8.32. The van der Waals surface area contributed by atoms with Crippen molar-refractivity contribution in [3.05, 3.63) is 59.3 Å². The van der Waals surface area contributed by atoms with E-state index in [9.17, 15) is 9.59 Å². The fraction of sp³-hybridized carbons (Fsp3) is 0.333. The number of Topliss-reactive ketones (excluding diaryl/α,β-unsaturated/α-hetero) is 1. The van der Waals surface area contributed by atoms with Crippen LogP contribution in [-0.4, -0.2) is 54.3 Å². The normalized spacial score (nSPS) is 14.8. The van der Waals surface area contributed by atoms with E-state index in [-0.39, 0.29) is 0 Å². The van der Waals surface area contributed by atoms with E-state index in [1.807, 2.05) is 50.2 Å². The number of likely N-dealkylation sites (N-methyl/N-ethyl adjacent to an activating group) is 1. The van der Waals surface area contributed by atoms with Gasteiger partial charge in [0.25, 0.3) is 11.7 Å². The standard InChI is InChI=1S/C24H28N4O2/c1-4-27-11-13-28(14-12-27)18-9-10-20(16(2)15-18)26-24(30)23(29)22-17(3)25-21-8-6-5-7-19(21)22/h5-10,15,25H,4,11-14H2,1-3H3,(H,26,30). The minimum Gasteiger partial charge on any atom is -0.369 e. The van der Waals surface area contributed by atoms with Crippen LogP contribution in [0.5, 0.6) is 0 Å². The summed E-state index contributed by atoms with van der Waals surface area (Å²) in [5.74, 6) is -1.14. The molecule has 0 unspecified atom stereocenters. The van der Waals surface area contributed by atoms with E-state index in [1.54, 1.807) is 0 Å². The van der Waals surface area contributed by atoms with Gasteiger partial charge in [-0.05, 0) is 50.2 Å². The molecule has 0 spiro atoms. The third-order valence-electron chi connectivity index (χ3n) is 5.97. The molecule has 1 aliphatic heterocycles. The molecule has 156 valence electrons. The van der Waals surface area contributed by atoms with Gasteiger partial charge in [0.05, 0.1) is 5.56 Å². The summed E-state index contributed by atoms with van der Waals surface area (Å²) < 4.78 is 0. The number of fused-ring (bicyclic) bond motifs is 1. The van der Waals surface area contributed by atoms with Gasteiger partial charge in [-0.2, -0.15) is 0 Å². The number of ketones is 1. The highest BCUT2D eigenvalue weighted by Crippen LogP contribution is 2.26. The number of aromatic nitrogens is 1. The molecule has 2 aromatic carbocycles. The Hall–Kier alpha value is -3.12. The number of rotatable bonds is 5. The van der Waals surface area contributed by atoms with Crippen LogP contribution in [0.4, 0.5) is 11.4 Å². The number of carbonyl (C=O) groups is 2. The molecule has 0 bridgehead atoms. The number of carbonyl (C=O) groups excluding carboxylic acids is 2. The van der Waals surface area contributed by atoms with E-state index in [0.29, 0.717) is 16.9 Å². The van der Waals surface area contributed by atoms with Crippen LogP contribution in [0.15, 0.2) is 42.5 Å². The lowest BCUT2D eigenvalue weighted by Gasteiger charge is -2.35. The van der Waals surface area contributed by atoms with Crippen LogP contribution >= 0.6 is 0 Å². The summed E-state index contributed by atoms with van der Waals surface area (Å²) in [5, 5.41) is 3.58. The van der Waals surface area contributed by atoms with Crippen LogP contribution in [0.1, 0.15) is 28.5 Å². The van der Waals surface area contributed by atoms with Crippen LogP contribution in [0.3, 0.4) is 0 Å². The monoisotopic (exact) mass is 404 g/mol. The predicted octanol–water partition coefficient (Wildman–Crippen LogP) is 3.75. The molecule has 1 aliphatic rings. The summed E-state index contributed by atoms with van der Waals surface area (Å²) in [6.45, 7) is 11.2. The second-order valence-electron chi connectivity index (χ2n) is 7.87. The number of anilines is 2. The summed E-state index contributed by atoms with van der Waals surface area (Å²) in [4.78, 5) is 33.6. The van der Waals surface area contributed by atoms with Gasteiger partial charge in [-0.1, -0.05) is 25.1 Å². The van der Waals surface area contributed by atoms with Gasteiger partial charge < -0.3 is 20.1 Å². The quantitative estimate of drug-likeness (QED) is 0.502. The van der Waals surface area contributed by atoms with E-state index < -0.39 is 11.7 Å². The number of hydrogen-bond donors (Lipinski definition) is 2. The Bertz CT molecular complexity index is 1090. The first kappa shape index (κ1) is 20.2. The Morgan fingerprint density at radius 2 is 1.77 bits per heavy atom. The van der Waals surface area contributed by atoms with Crippen molar-refractivity contribution in [3.8, 4) is 0 Å². The molecule has 0 atom stereocenters. The van der Waals surface area contributed by atoms with Crippen molar-refractivity contribution >= 4 is 34.0 Å². The molecule has 1 saturated heterocycles. The van der Waals surface area contributed by atoms with Crippen molar-refractivity contribution in [1.82, 2.24) is 9.88 Å². The molecule has 0 aliphatic carbocycles. The maximum absolute atomic E-state index is 12.9. The second-order valence-corrected chi connectivity index (χ2v) is 7.87. The molecule has 1 aromatic heterocycles. The SMILES string of the molecule is CCN1CCN(c2ccc(NC(=O)C(=O)c3c(C)[nH]c4ccccc34)c(C)c2)CC1. The number of aryl methyl sites for hydroxylation is 2. The Balaban J connectivity index is 1.49. The zero-order valence-electron chi connectivity index (χ0n) is 17.8. The number of nitrogens with one attached hydrogen (secondary N) is 2. The topological polar surface area (TPSA) is 68.4 Å². The lowest BCUT2D eigenvalue weighted by atomic mass is 10.1. The molecular weight excluding hydrogens is 376 g/mol. The molecule has 4 rings (SSSR count).